The molecule has 1 aliphatic heterocycles. The molecule has 0 aliphatic carbocycles. The number of carbonyl (C=O) groups excluding carboxylic acids is 2. The van der Waals surface area contributed by atoms with Crippen molar-refractivity contribution in [1.82, 2.24) is 15.0 Å². The van der Waals surface area contributed by atoms with Gasteiger partial charge >= 0.3 is 0 Å². The van der Waals surface area contributed by atoms with Crippen LogP contribution in [0, 0.1) is 19.8 Å². The fourth-order valence-electron chi connectivity index (χ4n) is 3.82. The van der Waals surface area contributed by atoms with E-state index in [2.05, 4.69) is 15.5 Å². The van der Waals surface area contributed by atoms with E-state index in [0.29, 0.717) is 36.3 Å². The number of nitrogens with one attached hydrogen (secondary N) is 1. The molecule has 2 amide bonds. The number of hydrogen-bond acceptors (Lipinski definition) is 6. The van der Waals surface area contributed by atoms with Crippen LogP contribution < -0.4 is 5.32 Å². The lowest BCUT2D eigenvalue weighted by Crippen LogP contribution is -2.36. The molecule has 4 rings (SSSR count). The summed E-state index contributed by atoms with van der Waals surface area (Å²) < 4.78 is 5.43. The second kappa shape index (κ2) is 8.18. The minimum absolute atomic E-state index is 0.124. The summed E-state index contributed by atoms with van der Waals surface area (Å²) in [5.74, 6) is 0.344. The van der Waals surface area contributed by atoms with E-state index in [1.54, 1.807) is 0 Å². The Labute approximate surface area is 179 Å². The molecule has 30 heavy (non-hydrogen) atoms. The topological polar surface area (TPSA) is 88.3 Å². The van der Waals surface area contributed by atoms with Gasteiger partial charge in [0, 0.05) is 29.6 Å². The molecule has 7 nitrogen and oxygen atoms in total. The zero-order valence-corrected chi connectivity index (χ0v) is 18.6. The van der Waals surface area contributed by atoms with Gasteiger partial charge in [-0.1, -0.05) is 36.4 Å². The van der Waals surface area contributed by atoms with Crippen molar-refractivity contribution in [1.29, 1.82) is 0 Å². The number of fused-ring (bicyclic) bond motifs is 2. The van der Waals surface area contributed by atoms with E-state index in [0.717, 1.165) is 39.1 Å². The quantitative estimate of drug-likeness (QED) is 0.666. The van der Waals surface area contributed by atoms with Crippen LogP contribution in [0.25, 0.3) is 11.0 Å². The number of nitrogens with zero attached hydrogens (tertiary/aromatic N) is 3. The van der Waals surface area contributed by atoms with Crippen LogP contribution in [0.5, 0.6) is 0 Å². The first-order chi connectivity index (χ1) is 14.3. The number of aryl methyl sites for hydroxylation is 2. The van der Waals surface area contributed by atoms with Crippen LogP contribution >= 0.6 is 11.3 Å². The molecule has 1 aromatic carbocycles. The van der Waals surface area contributed by atoms with Gasteiger partial charge in [0.05, 0.1) is 18.7 Å². The maximum absolute atomic E-state index is 12.6. The van der Waals surface area contributed by atoms with Crippen molar-refractivity contribution in [2.75, 3.05) is 11.9 Å². The molecule has 0 radical (unpaired) electrons. The Morgan fingerprint density at radius 1 is 1.30 bits per heavy atom. The standard InChI is InChI=1S/C22H26N4O3S/c1-12(2)7-20(28)26-6-5-16-18(11-26)30-22(23-16)24-19(27)10-17-15-9-13(3)8-14(4)21(15)29-25-17/h8-9,12H,5-7,10-11H2,1-4H3,(H,23,24,27). The molecule has 0 saturated heterocycles. The number of amides is 2. The van der Waals surface area contributed by atoms with E-state index in [-0.39, 0.29) is 18.2 Å². The van der Waals surface area contributed by atoms with Crippen molar-refractivity contribution >= 4 is 39.3 Å². The summed E-state index contributed by atoms with van der Waals surface area (Å²) in [5.41, 5.74) is 4.43. The van der Waals surface area contributed by atoms with Crippen molar-refractivity contribution < 1.29 is 14.1 Å². The molecule has 8 heteroatoms. The number of benzene rings is 1. The van der Waals surface area contributed by atoms with Crippen molar-refractivity contribution in [2.24, 2.45) is 5.92 Å². The summed E-state index contributed by atoms with van der Waals surface area (Å²) in [6.45, 7) is 9.33. The van der Waals surface area contributed by atoms with Gasteiger partial charge in [-0.05, 0) is 37.0 Å². The zero-order valence-electron chi connectivity index (χ0n) is 17.7. The van der Waals surface area contributed by atoms with Gasteiger partial charge in [-0.25, -0.2) is 4.98 Å². The highest BCUT2D eigenvalue weighted by Gasteiger charge is 2.25. The van der Waals surface area contributed by atoms with E-state index in [9.17, 15) is 9.59 Å². The lowest BCUT2D eigenvalue weighted by Gasteiger charge is -2.26. The molecular weight excluding hydrogens is 400 g/mol. The summed E-state index contributed by atoms with van der Waals surface area (Å²) >= 11 is 1.44. The highest BCUT2D eigenvalue weighted by atomic mass is 32.1. The molecule has 0 fully saturated rings. The lowest BCUT2D eigenvalue weighted by molar-refractivity contribution is -0.132. The maximum atomic E-state index is 12.6. The summed E-state index contributed by atoms with van der Waals surface area (Å²) in [7, 11) is 0. The highest BCUT2D eigenvalue weighted by molar-refractivity contribution is 7.15. The van der Waals surface area contributed by atoms with E-state index in [1.165, 1.54) is 11.3 Å². The smallest absolute Gasteiger partial charge is 0.232 e. The normalized spacial score (nSPS) is 13.7. The Kier molecular flexibility index (Phi) is 5.60. The SMILES string of the molecule is Cc1cc(C)c2onc(CC(=O)Nc3nc4c(s3)CN(C(=O)CC(C)C)CC4)c2c1. The fourth-order valence-corrected chi connectivity index (χ4v) is 4.86. The Morgan fingerprint density at radius 2 is 2.10 bits per heavy atom. The third kappa shape index (κ3) is 4.23. The Balaban J connectivity index is 1.43. The molecule has 0 spiro atoms. The maximum Gasteiger partial charge on any atom is 0.232 e. The van der Waals surface area contributed by atoms with Crippen molar-refractivity contribution in [2.45, 2.75) is 53.5 Å². The monoisotopic (exact) mass is 426 g/mol. The van der Waals surface area contributed by atoms with E-state index in [1.807, 2.05) is 44.7 Å². The van der Waals surface area contributed by atoms with Gasteiger partial charge < -0.3 is 14.7 Å². The van der Waals surface area contributed by atoms with Crippen LogP contribution in [-0.4, -0.2) is 33.4 Å². The summed E-state index contributed by atoms with van der Waals surface area (Å²) in [6, 6.07) is 4.03. The van der Waals surface area contributed by atoms with Gasteiger partial charge in [0.25, 0.3) is 0 Å². The second-order valence-electron chi connectivity index (χ2n) is 8.36. The summed E-state index contributed by atoms with van der Waals surface area (Å²) in [5, 5.41) is 8.44. The van der Waals surface area contributed by atoms with Gasteiger partial charge in [0.15, 0.2) is 10.7 Å². The number of aromatic nitrogens is 2. The lowest BCUT2D eigenvalue weighted by atomic mass is 10.1. The first kappa shape index (κ1) is 20.5. The van der Waals surface area contributed by atoms with Crippen LogP contribution in [0.15, 0.2) is 16.7 Å². The van der Waals surface area contributed by atoms with Gasteiger partial charge in [0.1, 0.15) is 5.69 Å². The van der Waals surface area contributed by atoms with E-state index < -0.39 is 0 Å². The molecule has 0 bridgehead atoms. The molecule has 3 heterocycles. The van der Waals surface area contributed by atoms with Crippen molar-refractivity contribution in [3.05, 3.63) is 39.5 Å². The number of anilines is 1. The molecule has 2 aromatic heterocycles. The first-order valence-corrected chi connectivity index (χ1v) is 11.0. The van der Waals surface area contributed by atoms with E-state index in [4.69, 9.17) is 4.52 Å². The van der Waals surface area contributed by atoms with Crippen LogP contribution in [0.4, 0.5) is 5.13 Å². The molecule has 0 atom stereocenters. The minimum atomic E-state index is -0.178. The Morgan fingerprint density at radius 3 is 2.87 bits per heavy atom. The van der Waals surface area contributed by atoms with Gasteiger partial charge in [-0.3, -0.25) is 9.59 Å². The summed E-state index contributed by atoms with van der Waals surface area (Å²) in [6.07, 6.45) is 1.40. The van der Waals surface area contributed by atoms with Gasteiger partial charge in [-0.2, -0.15) is 0 Å². The number of rotatable bonds is 5. The predicted molar refractivity (Wildman–Crippen MR) is 117 cm³/mol. The number of thiazole rings is 1. The molecule has 0 saturated carbocycles. The van der Waals surface area contributed by atoms with Gasteiger partial charge in [-0.15, -0.1) is 0 Å². The van der Waals surface area contributed by atoms with Crippen LogP contribution in [0.2, 0.25) is 0 Å². The molecule has 0 unspecified atom stereocenters. The molecule has 158 valence electrons. The first-order valence-electron chi connectivity index (χ1n) is 10.2. The summed E-state index contributed by atoms with van der Waals surface area (Å²) in [4.78, 5) is 32.5. The van der Waals surface area contributed by atoms with Crippen LogP contribution in [0.3, 0.4) is 0 Å². The average molecular weight is 427 g/mol. The molecule has 1 aliphatic rings. The average Bonchev–Trinajstić information content (AvgIpc) is 3.24. The Hall–Kier alpha value is -2.74. The molecular formula is C22H26N4O3S. The fraction of sp³-hybridized carbons (Fsp3) is 0.455. The predicted octanol–water partition coefficient (Wildman–Crippen LogP) is 4.01. The molecule has 1 N–H and O–H groups in total. The Bertz CT molecular complexity index is 1120. The highest BCUT2D eigenvalue weighted by Crippen LogP contribution is 2.29. The zero-order chi connectivity index (χ0) is 21.4. The minimum Gasteiger partial charge on any atom is -0.356 e. The van der Waals surface area contributed by atoms with Gasteiger partial charge in [0.2, 0.25) is 11.8 Å². The third-order valence-electron chi connectivity index (χ3n) is 5.22. The largest absolute Gasteiger partial charge is 0.356 e. The van der Waals surface area contributed by atoms with Crippen molar-refractivity contribution in [3.8, 4) is 0 Å². The van der Waals surface area contributed by atoms with Crippen LogP contribution in [-0.2, 0) is 29.0 Å². The number of carbonyl (C=O) groups is 2. The van der Waals surface area contributed by atoms with Crippen LogP contribution in [0.1, 0.15) is 47.7 Å². The second-order valence-corrected chi connectivity index (χ2v) is 9.45. The molecule has 3 aromatic rings. The van der Waals surface area contributed by atoms with Crippen molar-refractivity contribution in [3.63, 3.8) is 0 Å². The third-order valence-corrected chi connectivity index (χ3v) is 6.22. The van der Waals surface area contributed by atoms with E-state index >= 15 is 0 Å². The number of hydrogen-bond donors (Lipinski definition) is 1.